The van der Waals surface area contributed by atoms with Gasteiger partial charge in [-0.3, -0.25) is 0 Å². The van der Waals surface area contributed by atoms with Gasteiger partial charge in [-0.15, -0.1) is 0 Å². The van der Waals surface area contributed by atoms with Gasteiger partial charge in [-0.1, -0.05) is 0 Å². The molecule has 94 valence electrons. The molecule has 0 heterocycles. The molecule has 2 N–H and O–H groups in total. The number of carboxylic acids is 1. The predicted molar refractivity (Wildman–Crippen MR) is 52.6 cm³/mol. The van der Waals surface area contributed by atoms with Crippen molar-refractivity contribution in [2.45, 2.75) is 10.9 Å². The fraction of sp³-hybridized carbons (Fsp3) is 0.222. The lowest BCUT2D eigenvalue weighted by atomic mass is 10.3. The predicted octanol–water partition coefficient (Wildman–Crippen LogP) is -1.79. The van der Waals surface area contributed by atoms with Crippen molar-refractivity contribution in [2.24, 2.45) is 0 Å². The third-order valence-electron chi connectivity index (χ3n) is 1.89. The number of aliphatic hydroxyl groups is 1. The Morgan fingerprint density at radius 1 is 1.41 bits per heavy atom. The molecule has 0 fully saturated rings. The molecule has 0 spiro atoms. The molecule has 0 amide bonds. The van der Waals surface area contributed by atoms with Gasteiger partial charge >= 0.3 is 0 Å². The summed E-state index contributed by atoms with van der Waals surface area (Å²) < 4.78 is 37.5. The van der Waals surface area contributed by atoms with Gasteiger partial charge in [0.15, 0.2) is 0 Å². The summed E-state index contributed by atoms with van der Waals surface area (Å²) in [5.74, 6) is -2.37. The van der Waals surface area contributed by atoms with Crippen molar-refractivity contribution in [1.29, 1.82) is 0 Å². The maximum absolute atomic E-state index is 12.6. The molecule has 0 aliphatic heterocycles. The Hall–Kier alpha value is -1.51. The van der Waals surface area contributed by atoms with E-state index in [2.05, 4.69) is 0 Å². The average molecular weight is 262 g/mol. The molecule has 1 rings (SSSR count). The number of rotatable bonds is 5. The number of halogens is 1. The van der Waals surface area contributed by atoms with E-state index in [0.29, 0.717) is 0 Å². The van der Waals surface area contributed by atoms with E-state index in [1.54, 1.807) is 4.72 Å². The van der Waals surface area contributed by atoms with Crippen molar-refractivity contribution in [1.82, 2.24) is 4.72 Å². The second-order valence-electron chi connectivity index (χ2n) is 3.13. The van der Waals surface area contributed by atoms with Crippen LogP contribution in [0.15, 0.2) is 29.2 Å². The topological polar surface area (TPSA) is 107 Å². The molecule has 0 bridgehead atoms. The van der Waals surface area contributed by atoms with Crippen LogP contribution >= 0.6 is 0 Å². The summed E-state index contributed by atoms with van der Waals surface area (Å²) >= 11 is 0. The number of carbonyl (C=O) groups is 1. The molecule has 1 aromatic carbocycles. The van der Waals surface area contributed by atoms with Gasteiger partial charge in [-0.25, -0.2) is 17.5 Å². The maximum atomic E-state index is 12.6. The van der Waals surface area contributed by atoms with Gasteiger partial charge in [0.05, 0.1) is 23.5 Å². The molecule has 1 aromatic rings. The third kappa shape index (κ3) is 3.48. The molecule has 0 aliphatic carbocycles. The summed E-state index contributed by atoms with van der Waals surface area (Å²) in [7, 11) is -4.13. The van der Waals surface area contributed by atoms with E-state index in [9.17, 15) is 22.7 Å². The van der Waals surface area contributed by atoms with E-state index in [0.717, 1.165) is 24.3 Å². The highest BCUT2D eigenvalue weighted by Gasteiger charge is 2.20. The quantitative estimate of drug-likeness (QED) is 0.652. The number of hydrogen-bond acceptors (Lipinski definition) is 5. The van der Waals surface area contributed by atoms with E-state index in [1.807, 2.05) is 0 Å². The van der Waals surface area contributed by atoms with Crippen LogP contribution < -0.4 is 9.83 Å². The van der Waals surface area contributed by atoms with Gasteiger partial charge in [-0.05, 0) is 24.3 Å². The van der Waals surface area contributed by atoms with E-state index in [-0.39, 0.29) is 4.90 Å². The highest BCUT2D eigenvalue weighted by atomic mass is 32.2. The zero-order chi connectivity index (χ0) is 13.1. The van der Waals surface area contributed by atoms with Crippen molar-refractivity contribution in [3.63, 3.8) is 0 Å². The van der Waals surface area contributed by atoms with E-state index in [1.165, 1.54) is 0 Å². The van der Waals surface area contributed by atoms with Gasteiger partial charge in [-0.2, -0.15) is 0 Å². The van der Waals surface area contributed by atoms with Crippen molar-refractivity contribution in [2.75, 3.05) is 6.61 Å². The van der Waals surface area contributed by atoms with Crippen LogP contribution in [0.3, 0.4) is 0 Å². The van der Waals surface area contributed by atoms with Crippen LogP contribution in [0.5, 0.6) is 0 Å². The molecule has 1 atom stereocenters. The number of nitrogens with one attached hydrogen (secondary N) is 1. The Kier molecular flexibility index (Phi) is 4.16. The first-order chi connectivity index (χ1) is 7.86. The number of sulfonamides is 1. The summed E-state index contributed by atoms with van der Waals surface area (Å²) in [4.78, 5) is 10.1. The summed E-state index contributed by atoms with van der Waals surface area (Å²) in [5.41, 5.74) is 0. The molecule has 0 aromatic heterocycles. The molecular formula is C9H9FNO5S-. The second kappa shape index (κ2) is 5.21. The Balaban J connectivity index is 2.96. The maximum Gasteiger partial charge on any atom is 0.241 e. The van der Waals surface area contributed by atoms with E-state index < -0.39 is 34.5 Å². The minimum absolute atomic E-state index is 0.307. The molecule has 0 saturated heterocycles. The number of aliphatic carboxylic acids is 1. The molecule has 0 saturated carbocycles. The summed E-state index contributed by atoms with van der Waals surface area (Å²) in [6.45, 7) is -0.942. The lowest BCUT2D eigenvalue weighted by molar-refractivity contribution is -0.308. The van der Waals surface area contributed by atoms with Crippen molar-refractivity contribution in [3.8, 4) is 0 Å². The van der Waals surface area contributed by atoms with Crippen LogP contribution in [-0.2, 0) is 14.8 Å². The lowest BCUT2D eigenvalue weighted by Gasteiger charge is -2.16. The van der Waals surface area contributed by atoms with Gasteiger partial charge in [0.25, 0.3) is 0 Å². The zero-order valence-electron chi connectivity index (χ0n) is 8.46. The summed E-state index contributed by atoms with van der Waals surface area (Å²) in [6.07, 6.45) is 0. The molecule has 17 heavy (non-hydrogen) atoms. The van der Waals surface area contributed by atoms with E-state index in [4.69, 9.17) is 5.11 Å². The average Bonchev–Trinajstić information content (AvgIpc) is 2.26. The van der Waals surface area contributed by atoms with Crippen molar-refractivity contribution in [3.05, 3.63) is 30.1 Å². The first-order valence-electron chi connectivity index (χ1n) is 4.46. The SMILES string of the molecule is O=C([O-])[C@H](CO)NS(=O)(=O)c1ccc(F)cc1. The third-order valence-corrected chi connectivity index (χ3v) is 3.38. The Labute approximate surface area is 96.8 Å². The second-order valence-corrected chi connectivity index (χ2v) is 4.84. The van der Waals surface area contributed by atoms with Crippen LogP contribution in [0.25, 0.3) is 0 Å². The van der Waals surface area contributed by atoms with Crippen molar-refractivity contribution < 1.29 is 27.8 Å². The minimum atomic E-state index is -4.13. The van der Waals surface area contributed by atoms with Crippen LogP contribution in [0.2, 0.25) is 0 Å². The van der Waals surface area contributed by atoms with Crippen LogP contribution in [0.4, 0.5) is 4.39 Å². The highest BCUT2D eigenvalue weighted by molar-refractivity contribution is 7.89. The number of carboxylic acid groups (broad SMARTS) is 1. The normalized spacial score (nSPS) is 13.3. The monoisotopic (exact) mass is 262 g/mol. The van der Waals surface area contributed by atoms with Crippen LogP contribution in [0.1, 0.15) is 0 Å². The molecule has 6 nitrogen and oxygen atoms in total. The summed E-state index contributed by atoms with van der Waals surface area (Å²) in [6, 6.07) is 2.04. The van der Waals surface area contributed by atoms with Gasteiger partial charge < -0.3 is 15.0 Å². The Bertz CT molecular complexity index is 499. The van der Waals surface area contributed by atoms with Crippen molar-refractivity contribution >= 4 is 16.0 Å². The minimum Gasteiger partial charge on any atom is -0.548 e. The fourth-order valence-corrected chi connectivity index (χ4v) is 2.20. The standard InChI is InChI=1S/C9H10FNO5S/c10-6-1-3-7(4-2-6)17(15,16)11-8(5-12)9(13)14/h1-4,8,11-12H,5H2,(H,13,14)/p-1/t8-/m0/s1. The molecule has 8 heteroatoms. The fourth-order valence-electron chi connectivity index (χ4n) is 1.03. The van der Waals surface area contributed by atoms with E-state index >= 15 is 0 Å². The van der Waals surface area contributed by atoms with Crippen LogP contribution in [0, 0.1) is 5.82 Å². The lowest BCUT2D eigenvalue weighted by Crippen LogP contribution is -2.49. The molecule has 0 aliphatic rings. The molecule has 0 unspecified atom stereocenters. The van der Waals surface area contributed by atoms with Crippen LogP contribution in [-0.4, -0.2) is 32.1 Å². The zero-order valence-corrected chi connectivity index (χ0v) is 9.28. The van der Waals surface area contributed by atoms with Gasteiger partial charge in [0, 0.05) is 0 Å². The molecule has 0 radical (unpaired) electrons. The smallest absolute Gasteiger partial charge is 0.241 e. The Morgan fingerprint density at radius 3 is 2.35 bits per heavy atom. The number of hydrogen-bond donors (Lipinski definition) is 2. The number of aliphatic hydroxyl groups excluding tert-OH is 1. The first-order valence-corrected chi connectivity index (χ1v) is 5.95. The highest BCUT2D eigenvalue weighted by Crippen LogP contribution is 2.09. The largest absolute Gasteiger partial charge is 0.548 e. The Morgan fingerprint density at radius 2 is 1.94 bits per heavy atom. The number of benzene rings is 1. The summed E-state index contributed by atoms with van der Waals surface area (Å²) in [5, 5.41) is 19.1. The number of carbonyl (C=O) groups excluding carboxylic acids is 1. The first kappa shape index (κ1) is 13.6. The molecular weight excluding hydrogens is 253 g/mol. The van der Waals surface area contributed by atoms with Gasteiger partial charge in [0.1, 0.15) is 5.82 Å². The van der Waals surface area contributed by atoms with Gasteiger partial charge in [0.2, 0.25) is 10.0 Å².